The van der Waals surface area contributed by atoms with Crippen LogP contribution in [0.1, 0.15) is 26.7 Å². The molecular weight excluding hydrogens is 150 g/mol. The summed E-state index contributed by atoms with van der Waals surface area (Å²) in [5, 5.41) is 10.00. The molecule has 0 fully saturated rings. The Kier molecular flexibility index (Phi) is 4.50. The molecule has 2 atom stereocenters. The van der Waals surface area contributed by atoms with Gasteiger partial charge in [-0.3, -0.25) is 0 Å². The third-order valence-corrected chi connectivity index (χ3v) is 2.45. The number of likely N-dealkylation sites (N-methyl/N-ethyl adjacent to an activating group) is 1. The summed E-state index contributed by atoms with van der Waals surface area (Å²) in [6.45, 7) is 7.57. The minimum atomic E-state index is -0.613. The number of hydrogen-bond donors (Lipinski definition) is 1. The summed E-state index contributed by atoms with van der Waals surface area (Å²) in [7, 11) is 3.97. The molecule has 2 unspecified atom stereocenters. The highest BCUT2D eigenvalue weighted by Gasteiger charge is 2.30. The van der Waals surface area contributed by atoms with Crippen LogP contribution in [0.15, 0.2) is 12.7 Å². The summed E-state index contributed by atoms with van der Waals surface area (Å²) < 4.78 is 0. The third-order valence-electron chi connectivity index (χ3n) is 2.45. The number of aliphatic hydroxyl groups is 1. The topological polar surface area (TPSA) is 23.5 Å². The van der Waals surface area contributed by atoms with Crippen molar-refractivity contribution in [3.8, 4) is 0 Å². The van der Waals surface area contributed by atoms with Gasteiger partial charge in [0.25, 0.3) is 0 Å². The lowest BCUT2D eigenvalue weighted by atomic mass is 9.90. The van der Waals surface area contributed by atoms with Gasteiger partial charge < -0.3 is 10.0 Å². The first-order valence-corrected chi connectivity index (χ1v) is 4.45. The van der Waals surface area contributed by atoms with Gasteiger partial charge in [-0.15, -0.1) is 6.58 Å². The number of hydrogen-bond acceptors (Lipinski definition) is 2. The first-order chi connectivity index (χ1) is 5.45. The van der Waals surface area contributed by atoms with E-state index in [9.17, 15) is 5.11 Å². The zero-order chi connectivity index (χ0) is 9.78. The van der Waals surface area contributed by atoms with Crippen molar-refractivity contribution in [1.29, 1.82) is 0 Å². The monoisotopic (exact) mass is 171 g/mol. The fourth-order valence-corrected chi connectivity index (χ4v) is 1.41. The van der Waals surface area contributed by atoms with Crippen LogP contribution in [-0.4, -0.2) is 35.7 Å². The highest BCUT2D eigenvalue weighted by atomic mass is 16.3. The molecule has 0 heterocycles. The van der Waals surface area contributed by atoms with Gasteiger partial charge in [-0.2, -0.15) is 0 Å². The van der Waals surface area contributed by atoms with Gasteiger partial charge in [-0.1, -0.05) is 13.0 Å². The molecule has 2 heteroatoms. The predicted octanol–water partition coefficient (Wildman–Crippen LogP) is 1.65. The normalized spacial score (nSPS) is 18.8. The van der Waals surface area contributed by atoms with E-state index in [-0.39, 0.29) is 6.04 Å². The smallest absolute Gasteiger partial charge is 0.0774 e. The van der Waals surface area contributed by atoms with Gasteiger partial charge in [0, 0.05) is 6.04 Å². The van der Waals surface area contributed by atoms with Crippen LogP contribution in [0.5, 0.6) is 0 Å². The summed E-state index contributed by atoms with van der Waals surface area (Å²) in [6, 6.07) is 0.167. The maximum atomic E-state index is 10.00. The van der Waals surface area contributed by atoms with Crippen LogP contribution >= 0.6 is 0 Å². The van der Waals surface area contributed by atoms with Crippen molar-refractivity contribution in [2.45, 2.75) is 38.3 Å². The molecule has 0 aromatic rings. The minimum Gasteiger partial charge on any atom is -0.389 e. The molecule has 12 heavy (non-hydrogen) atoms. The maximum Gasteiger partial charge on any atom is 0.0774 e. The van der Waals surface area contributed by atoms with Gasteiger partial charge in [-0.25, -0.2) is 0 Å². The fraction of sp³-hybridized carbons (Fsp3) is 0.800. The van der Waals surface area contributed by atoms with Gasteiger partial charge in [0.1, 0.15) is 0 Å². The van der Waals surface area contributed by atoms with E-state index in [1.54, 1.807) is 0 Å². The summed E-state index contributed by atoms with van der Waals surface area (Å²) in [6.07, 6.45) is 3.45. The molecule has 0 aliphatic rings. The van der Waals surface area contributed by atoms with Crippen molar-refractivity contribution in [2.75, 3.05) is 14.1 Å². The van der Waals surface area contributed by atoms with Gasteiger partial charge in [0.05, 0.1) is 5.60 Å². The van der Waals surface area contributed by atoms with Gasteiger partial charge in [-0.05, 0) is 33.9 Å². The van der Waals surface area contributed by atoms with Crippen LogP contribution in [0.4, 0.5) is 0 Å². The Morgan fingerprint density at radius 3 is 2.33 bits per heavy atom. The lowest BCUT2D eigenvalue weighted by Crippen LogP contribution is -2.47. The van der Waals surface area contributed by atoms with Crippen molar-refractivity contribution in [3.05, 3.63) is 12.7 Å². The van der Waals surface area contributed by atoms with Crippen molar-refractivity contribution in [1.82, 2.24) is 4.90 Å². The number of rotatable bonds is 5. The summed E-state index contributed by atoms with van der Waals surface area (Å²) in [5.41, 5.74) is -0.613. The summed E-state index contributed by atoms with van der Waals surface area (Å²) >= 11 is 0. The largest absolute Gasteiger partial charge is 0.389 e. The lowest BCUT2D eigenvalue weighted by Gasteiger charge is -2.36. The first-order valence-electron chi connectivity index (χ1n) is 4.45. The molecular formula is C10H21NO. The molecule has 0 rings (SSSR count). The minimum absolute atomic E-state index is 0.167. The van der Waals surface area contributed by atoms with Crippen LogP contribution in [0.2, 0.25) is 0 Å². The average Bonchev–Trinajstić information content (AvgIpc) is 1.99. The Labute approximate surface area is 75.9 Å². The Morgan fingerprint density at radius 2 is 2.08 bits per heavy atom. The molecule has 2 nitrogen and oxygen atoms in total. The quantitative estimate of drug-likeness (QED) is 0.636. The van der Waals surface area contributed by atoms with E-state index in [1.807, 2.05) is 38.9 Å². The highest BCUT2D eigenvalue weighted by Crippen LogP contribution is 2.20. The molecule has 0 amide bonds. The predicted molar refractivity (Wildman–Crippen MR) is 53.2 cm³/mol. The summed E-state index contributed by atoms with van der Waals surface area (Å²) in [4.78, 5) is 2.05. The van der Waals surface area contributed by atoms with E-state index >= 15 is 0 Å². The molecule has 0 spiro atoms. The molecule has 1 N–H and O–H groups in total. The van der Waals surface area contributed by atoms with Crippen molar-refractivity contribution in [2.24, 2.45) is 0 Å². The molecule has 0 saturated heterocycles. The van der Waals surface area contributed by atoms with Gasteiger partial charge in [0.15, 0.2) is 0 Å². The third kappa shape index (κ3) is 2.95. The van der Waals surface area contributed by atoms with Gasteiger partial charge >= 0.3 is 0 Å². The van der Waals surface area contributed by atoms with Crippen molar-refractivity contribution in [3.63, 3.8) is 0 Å². The fourth-order valence-electron chi connectivity index (χ4n) is 1.41. The number of nitrogens with zero attached hydrogens (tertiary/aromatic N) is 1. The standard InChI is InChI=1S/C10H21NO/c1-6-8-9(11(4)5)10(3,12)7-2/h6,9,12H,1,7-8H2,2-5H3. The molecule has 0 aromatic carbocycles. The molecule has 0 aliphatic carbocycles. The van der Waals surface area contributed by atoms with Crippen LogP contribution in [0, 0.1) is 0 Å². The Hall–Kier alpha value is -0.340. The Bertz CT molecular complexity index is 141. The molecule has 72 valence electrons. The molecule has 0 saturated carbocycles. The SMILES string of the molecule is C=CCC(N(C)C)C(C)(O)CC. The zero-order valence-corrected chi connectivity index (χ0v) is 8.67. The second kappa shape index (κ2) is 4.63. The van der Waals surface area contributed by atoms with E-state index in [2.05, 4.69) is 6.58 Å². The van der Waals surface area contributed by atoms with E-state index in [0.29, 0.717) is 0 Å². The van der Waals surface area contributed by atoms with E-state index < -0.39 is 5.60 Å². The lowest BCUT2D eigenvalue weighted by molar-refractivity contribution is -0.0196. The van der Waals surface area contributed by atoms with Crippen LogP contribution < -0.4 is 0 Å². The first kappa shape index (κ1) is 11.7. The molecule has 0 bridgehead atoms. The molecule has 0 radical (unpaired) electrons. The maximum absolute atomic E-state index is 10.00. The van der Waals surface area contributed by atoms with Crippen molar-refractivity contribution >= 4 is 0 Å². The van der Waals surface area contributed by atoms with E-state index in [1.165, 1.54) is 0 Å². The van der Waals surface area contributed by atoms with E-state index in [0.717, 1.165) is 12.8 Å². The second-order valence-corrected chi connectivity index (χ2v) is 3.71. The molecule has 0 aliphatic heterocycles. The highest BCUT2D eigenvalue weighted by molar-refractivity contribution is 4.91. The van der Waals surface area contributed by atoms with Crippen LogP contribution in [-0.2, 0) is 0 Å². The molecule has 0 aromatic heterocycles. The van der Waals surface area contributed by atoms with Crippen LogP contribution in [0.3, 0.4) is 0 Å². The van der Waals surface area contributed by atoms with E-state index in [4.69, 9.17) is 0 Å². The summed E-state index contributed by atoms with van der Waals surface area (Å²) in [5.74, 6) is 0. The van der Waals surface area contributed by atoms with Crippen molar-refractivity contribution < 1.29 is 5.11 Å². The Balaban J connectivity index is 4.37. The zero-order valence-electron chi connectivity index (χ0n) is 8.67. The second-order valence-electron chi connectivity index (χ2n) is 3.71. The Morgan fingerprint density at radius 1 is 1.58 bits per heavy atom. The van der Waals surface area contributed by atoms with Crippen LogP contribution in [0.25, 0.3) is 0 Å². The average molecular weight is 171 g/mol. The van der Waals surface area contributed by atoms with Gasteiger partial charge in [0.2, 0.25) is 0 Å².